The Labute approximate surface area is 80.9 Å². The molecule has 1 aliphatic carbocycles. The van der Waals surface area contributed by atoms with Crippen molar-refractivity contribution in [2.75, 3.05) is 0 Å². The zero-order valence-corrected chi connectivity index (χ0v) is 7.93. The number of hydrogen-bond acceptors (Lipinski definition) is 4. The van der Waals surface area contributed by atoms with Gasteiger partial charge in [0.2, 0.25) is 6.33 Å². The van der Waals surface area contributed by atoms with Crippen LogP contribution in [0.1, 0.15) is 25.0 Å². The van der Waals surface area contributed by atoms with Gasteiger partial charge in [0.05, 0.1) is 5.54 Å². The summed E-state index contributed by atoms with van der Waals surface area (Å²) < 4.78 is 1.65. The Kier molecular flexibility index (Phi) is 1.81. The number of nitrogens with two attached hydrogens (primary N) is 1. The average molecular weight is 196 g/mol. The Balaban J connectivity index is 2.49. The van der Waals surface area contributed by atoms with Crippen LogP contribution in [0, 0.1) is 10.1 Å². The molecule has 76 valence electrons. The molecule has 14 heavy (non-hydrogen) atoms. The summed E-state index contributed by atoms with van der Waals surface area (Å²) in [5.41, 5.74) is 6.06. The van der Waals surface area contributed by atoms with Crippen molar-refractivity contribution in [3.63, 3.8) is 0 Å². The molecule has 0 aromatic carbocycles. The van der Waals surface area contributed by atoms with Crippen molar-refractivity contribution in [1.29, 1.82) is 0 Å². The molecular formula is C8H12N4O2. The minimum atomic E-state index is -0.534. The first-order valence-electron chi connectivity index (χ1n) is 4.50. The molecule has 6 heteroatoms. The smallest absolute Gasteiger partial charge is 0.358 e. The van der Waals surface area contributed by atoms with E-state index in [0.29, 0.717) is 5.69 Å². The number of aryl methyl sites for hydroxylation is 1. The van der Waals surface area contributed by atoms with Crippen LogP contribution in [0.3, 0.4) is 0 Å². The van der Waals surface area contributed by atoms with E-state index in [1.54, 1.807) is 11.6 Å². The average Bonchev–Trinajstić information content (AvgIpc) is 2.43. The van der Waals surface area contributed by atoms with E-state index in [4.69, 9.17) is 5.73 Å². The summed E-state index contributed by atoms with van der Waals surface area (Å²) in [6.07, 6.45) is 4.07. The Hall–Kier alpha value is -1.43. The molecular weight excluding hydrogens is 184 g/mol. The Bertz CT molecular complexity index is 381. The maximum atomic E-state index is 10.7. The van der Waals surface area contributed by atoms with Crippen LogP contribution in [-0.4, -0.2) is 14.5 Å². The van der Waals surface area contributed by atoms with Crippen molar-refractivity contribution in [2.45, 2.75) is 24.8 Å². The quantitative estimate of drug-likeness (QED) is 0.556. The van der Waals surface area contributed by atoms with Gasteiger partial charge in [-0.05, 0) is 29.2 Å². The van der Waals surface area contributed by atoms with Crippen LogP contribution >= 0.6 is 0 Å². The Morgan fingerprint density at radius 2 is 2.36 bits per heavy atom. The van der Waals surface area contributed by atoms with Crippen LogP contribution in [0.15, 0.2) is 6.33 Å². The molecule has 2 rings (SSSR count). The van der Waals surface area contributed by atoms with E-state index in [9.17, 15) is 10.1 Å². The molecule has 0 aliphatic heterocycles. The van der Waals surface area contributed by atoms with Crippen molar-refractivity contribution in [3.05, 3.63) is 22.1 Å². The van der Waals surface area contributed by atoms with Crippen molar-refractivity contribution >= 4 is 5.82 Å². The second-order valence-electron chi connectivity index (χ2n) is 3.79. The van der Waals surface area contributed by atoms with Gasteiger partial charge >= 0.3 is 5.82 Å². The number of hydrogen-bond donors (Lipinski definition) is 1. The second kappa shape index (κ2) is 2.78. The van der Waals surface area contributed by atoms with Gasteiger partial charge in [0.1, 0.15) is 5.69 Å². The normalized spacial score (nSPS) is 19.0. The summed E-state index contributed by atoms with van der Waals surface area (Å²) in [5.74, 6) is -0.102. The van der Waals surface area contributed by atoms with Crippen molar-refractivity contribution < 1.29 is 4.92 Å². The number of nitro groups is 1. The first-order chi connectivity index (χ1) is 6.54. The first kappa shape index (κ1) is 9.14. The van der Waals surface area contributed by atoms with Crippen LogP contribution in [0.2, 0.25) is 0 Å². The van der Waals surface area contributed by atoms with Crippen molar-refractivity contribution in [3.8, 4) is 0 Å². The van der Waals surface area contributed by atoms with Gasteiger partial charge in [0, 0.05) is 7.05 Å². The van der Waals surface area contributed by atoms with Gasteiger partial charge in [-0.3, -0.25) is 0 Å². The number of nitrogens with zero attached hydrogens (tertiary/aromatic N) is 3. The molecule has 0 bridgehead atoms. The predicted octanol–water partition coefficient (Wildman–Crippen LogP) is 0.666. The minimum absolute atomic E-state index is 0.102. The lowest BCUT2D eigenvalue weighted by Crippen LogP contribution is -2.45. The lowest BCUT2D eigenvalue weighted by molar-refractivity contribution is -0.390. The second-order valence-corrected chi connectivity index (χ2v) is 3.79. The summed E-state index contributed by atoms with van der Waals surface area (Å²) in [6, 6.07) is 0. The van der Waals surface area contributed by atoms with Gasteiger partial charge in [0.25, 0.3) is 0 Å². The Morgan fingerprint density at radius 3 is 2.79 bits per heavy atom. The van der Waals surface area contributed by atoms with Crippen LogP contribution in [-0.2, 0) is 12.6 Å². The lowest BCUT2D eigenvalue weighted by atomic mass is 9.75. The first-order valence-corrected chi connectivity index (χ1v) is 4.50. The van der Waals surface area contributed by atoms with E-state index < -0.39 is 10.5 Å². The minimum Gasteiger partial charge on any atom is -0.358 e. The van der Waals surface area contributed by atoms with Crippen molar-refractivity contribution in [1.82, 2.24) is 9.55 Å². The maximum absolute atomic E-state index is 10.7. The third-order valence-electron chi connectivity index (χ3n) is 2.81. The molecule has 6 nitrogen and oxygen atoms in total. The monoisotopic (exact) mass is 196 g/mol. The fourth-order valence-electron chi connectivity index (χ4n) is 1.92. The van der Waals surface area contributed by atoms with Gasteiger partial charge in [-0.2, -0.15) is 0 Å². The summed E-state index contributed by atoms with van der Waals surface area (Å²) in [6.45, 7) is 0. The molecule has 0 spiro atoms. The maximum Gasteiger partial charge on any atom is 0.386 e. The molecule has 0 amide bonds. The van der Waals surface area contributed by atoms with Gasteiger partial charge in [0.15, 0.2) is 0 Å². The van der Waals surface area contributed by atoms with Crippen LogP contribution in [0.25, 0.3) is 0 Å². The molecule has 1 aromatic heterocycles. The summed E-state index contributed by atoms with van der Waals surface area (Å²) in [4.78, 5) is 14.0. The van der Waals surface area contributed by atoms with E-state index in [2.05, 4.69) is 4.98 Å². The molecule has 1 aliphatic rings. The molecule has 1 heterocycles. The highest BCUT2D eigenvalue weighted by Crippen LogP contribution is 2.41. The highest BCUT2D eigenvalue weighted by molar-refractivity contribution is 5.35. The summed E-state index contributed by atoms with van der Waals surface area (Å²) in [5, 5.41) is 10.7. The third kappa shape index (κ3) is 1.11. The largest absolute Gasteiger partial charge is 0.386 e. The highest BCUT2D eigenvalue weighted by atomic mass is 16.6. The van der Waals surface area contributed by atoms with E-state index in [1.807, 2.05) is 0 Å². The molecule has 0 saturated heterocycles. The van der Waals surface area contributed by atoms with E-state index in [0.717, 1.165) is 19.3 Å². The highest BCUT2D eigenvalue weighted by Gasteiger charge is 2.42. The molecule has 1 aromatic rings. The predicted molar refractivity (Wildman–Crippen MR) is 49.6 cm³/mol. The summed E-state index contributed by atoms with van der Waals surface area (Å²) >= 11 is 0. The molecule has 0 radical (unpaired) electrons. The van der Waals surface area contributed by atoms with E-state index >= 15 is 0 Å². The SMILES string of the molecule is Cn1cnc([N+](=O)[O-])c1C1(N)CCC1. The number of rotatable bonds is 2. The zero-order valence-electron chi connectivity index (χ0n) is 7.93. The standard InChI is InChI=1S/C8H12N4O2/c1-11-5-10-7(12(13)14)6(11)8(9)3-2-4-8/h5H,2-4,9H2,1H3. The van der Waals surface area contributed by atoms with Crippen LogP contribution in [0.4, 0.5) is 5.82 Å². The van der Waals surface area contributed by atoms with Gasteiger partial charge in [-0.1, -0.05) is 0 Å². The van der Waals surface area contributed by atoms with E-state index in [-0.39, 0.29) is 5.82 Å². The summed E-state index contributed by atoms with van der Waals surface area (Å²) in [7, 11) is 1.74. The van der Waals surface area contributed by atoms with Crippen LogP contribution in [0.5, 0.6) is 0 Å². The Morgan fingerprint density at radius 1 is 1.71 bits per heavy atom. The molecule has 1 fully saturated rings. The number of imidazole rings is 1. The molecule has 0 atom stereocenters. The topological polar surface area (TPSA) is 87.0 Å². The fraction of sp³-hybridized carbons (Fsp3) is 0.625. The third-order valence-corrected chi connectivity index (χ3v) is 2.81. The lowest BCUT2D eigenvalue weighted by Gasteiger charge is -2.37. The molecule has 2 N–H and O–H groups in total. The van der Waals surface area contributed by atoms with Gasteiger partial charge < -0.3 is 20.4 Å². The number of aromatic nitrogens is 2. The van der Waals surface area contributed by atoms with Gasteiger partial charge in [-0.15, -0.1) is 0 Å². The van der Waals surface area contributed by atoms with Crippen LogP contribution < -0.4 is 5.73 Å². The van der Waals surface area contributed by atoms with E-state index in [1.165, 1.54) is 6.33 Å². The van der Waals surface area contributed by atoms with Crippen molar-refractivity contribution in [2.24, 2.45) is 12.8 Å². The fourth-order valence-corrected chi connectivity index (χ4v) is 1.92. The zero-order chi connectivity index (χ0) is 10.3. The molecule has 1 saturated carbocycles. The molecule has 0 unspecified atom stereocenters. The van der Waals surface area contributed by atoms with Gasteiger partial charge in [-0.25, -0.2) is 0 Å².